The molecular formula is C23H24N6. The molecule has 3 heterocycles. The minimum absolute atomic E-state index is 0.603. The van der Waals surface area contributed by atoms with Crippen molar-refractivity contribution in [3.63, 3.8) is 0 Å². The minimum atomic E-state index is 0.603. The number of imidazole rings is 1. The van der Waals surface area contributed by atoms with Gasteiger partial charge in [-0.25, -0.2) is 15.0 Å². The molecule has 1 saturated heterocycles. The normalized spacial score (nSPS) is 15.6. The first-order chi connectivity index (χ1) is 14.2. The maximum Gasteiger partial charge on any atom is 0.227 e. The third-order valence-corrected chi connectivity index (χ3v) is 5.75. The van der Waals surface area contributed by atoms with Gasteiger partial charge in [0.15, 0.2) is 0 Å². The highest BCUT2D eigenvalue weighted by molar-refractivity contribution is 5.83. The molecule has 0 radical (unpaired) electrons. The van der Waals surface area contributed by atoms with Crippen LogP contribution in [0.5, 0.6) is 0 Å². The maximum absolute atomic E-state index is 4.70. The van der Waals surface area contributed by atoms with Crippen molar-refractivity contribution >= 4 is 22.5 Å². The molecule has 29 heavy (non-hydrogen) atoms. The number of hydrogen-bond donors (Lipinski definition) is 2. The number of aromatic nitrogens is 4. The lowest BCUT2D eigenvalue weighted by Crippen LogP contribution is -2.29. The molecule has 6 nitrogen and oxygen atoms in total. The van der Waals surface area contributed by atoms with Gasteiger partial charge in [0.05, 0.1) is 23.7 Å². The molecule has 4 aromatic rings. The van der Waals surface area contributed by atoms with E-state index in [4.69, 9.17) is 4.98 Å². The number of hydrogen-bond acceptors (Lipinski definition) is 5. The first kappa shape index (κ1) is 17.8. The van der Waals surface area contributed by atoms with Gasteiger partial charge in [-0.1, -0.05) is 24.3 Å². The van der Waals surface area contributed by atoms with Crippen LogP contribution in [0.25, 0.3) is 22.2 Å². The number of anilines is 2. The van der Waals surface area contributed by atoms with Crippen LogP contribution >= 0.6 is 0 Å². The lowest BCUT2D eigenvalue weighted by Gasteiger charge is -2.29. The second-order valence-electron chi connectivity index (χ2n) is 7.76. The quantitative estimate of drug-likeness (QED) is 0.539. The van der Waals surface area contributed by atoms with E-state index in [-0.39, 0.29) is 0 Å². The number of nitrogens with one attached hydrogen (secondary N) is 2. The van der Waals surface area contributed by atoms with E-state index in [9.17, 15) is 0 Å². The SMILES string of the molecule is CN1CCC(c2ccc(Nc3ncc4ccc(-c5cnc[nH]5)cc4n3)cc2)CC1. The average Bonchev–Trinajstić information content (AvgIpc) is 3.29. The Bertz CT molecular complexity index is 1100. The van der Waals surface area contributed by atoms with E-state index in [1.807, 2.05) is 24.5 Å². The average molecular weight is 384 g/mol. The van der Waals surface area contributed by atoms with E-state index in [0.717, 1.165) is 27.8 Å². The first-order valence-electron chi connectivity index (χ1n) is 10.1. The van der Waals surface area contributed by atoms with Crippen LogP contribution < -0.4 is 5.32 Å². The van der Waals surface area contributed by atoms with Gasteiger partial charge in [0.1, 0.15) is 0 Å². The van der Waals surface area contributed by atoms with E-state index in [1.54, 1.807) is 6.33 Å². The van der Waals surface area contributed by atoms with Gasteiger partial charge in [-0.05, 0) is 62.7 Å². The first-order valence-corrected chi connectivity index (χ1v) is 10.1. The number of fused-ring (bicyclic) bond motifs is 1. The van der Waals surface area contributed by atoms with Crippen LogP contribution in [0.2, 0.25) is 0 Å². The van der Waals surface area contributed by atoms with Gasteiger partial charge in [-0.15, -0.1) is 0 Å². The Balaban J connectivity index is 1.34. The van der Waals surface area contributed by atoms with Crippen LogP contribution in [0.1, 0.15) is 24.3 Å². The monoisotopic (exact) mass is 384 g/mol. The van der Waals surface area contributed by atoms with Crippen molar-refractivity contribution in [3.05, 3.63) is 66.7 Å². The second-order valence-corrected chi connectivity index (χ2v) is 7.76. The topological polar surface area (TPSA) is 69.7 Å². The predicted octanol–water partition coefficient (Wildman–Crippen LogP) is 4.57. The van der Waals surface area contributed by atoms with Crippen LogP contribution in [0, 0.1) is 0 Å². The molecule has 0 amide bonds. The number of H-pyrrole nitrogens is 1. The number of aromatic amines is 1. The summed E-state index contributed by atoms with van der Waals surface area (Å²) >= 11 is 0. The minimum Gasteiger partial charge on any atom is -0.345 e. The van der Waals surface area contributed by atoms with E-state index >= 15 is 0 Å². The Labute approximate surface area is 170 Å². The fraction of sp³-hybridized carbons (Fsp3) is 0.261. The molecule has 146 valence electrons. The van der Waals surface area contributed by atoms with Gasteiger partial charge in [0.25, 0.3) is 0 Å². The Morgan fingerprint density at radius 1 is 1.03 bits per heavy atom. The van der Waals surface area contributed by atoms with E-state index < -0.39 is 0 Å². The standard InChI is InChI=1S/C23H24N6/c1-29-10-8-17(9-11-29)16-4-6-20(7-5-16)27-23-25-13-19-3-2-18(12-21(19)28-23)22-14-24-15-26-22/h2-7,12-15,17H,8-11H2,1H3,(H,24,26)(H,25,27,28). The summed E-state index contributed by atoms with van der Waals surface area (Å²) in [5.74, 6) is 1.27. The summed E-state index contributed by atoms with van der Waals surface area (Å²) in [6.07, 6.45) is 7.81. The van der Waals surface area contributed by atoms with Crippen LogP contribution in [0.3, 0.4) is 0 Å². The number of piperidine rings is 1. The number of benzene rings is 2. The van der Waals surface area contributed by atoms with Gasteiger partial charge in [-0.3, -0.25) is 0 Å². The molecule has 0 saturated carbocycles. The molecule has 2 aromatic heterocycles. The van der Waals surface area contributed by atoms with Crippen molar-refractivity contribution in [1.29, 1.82) is 0 Å². The zero-order valence-corrected chi connectivity index (χ0v) is 16.5. The molecule has 6 heteroatoms. The fourth-order valence-corrected chi connectivity index (χ4v) is 3.97. The molecule has 2 aromatic carbocycles. The smallest absolute Gasteiger partial charge is 0.227 e. The Morgan fingerprint density at radius 3 is 2.62 bits per heavy atom. The van der Waals surface area contributed by atoms with E-state index in [1.165, 1.54) is 31.5 Å². The summed E-state index contributed by atoms with van der Waals surface area (Å²) in [4.78, 5) is 18.8. The van der Waals surface area contributed by atoms with Gasteiger partial charge >= 0.3 is 0 Å². The van der Waals surface area contributed by atoms with Crippen LogP contribution in [0.4, 0.5) is 11.6 Å². The van der Waals surface area contributed by atoms with Crippen molar-refractivity contribution in [2.24, 2.45) is 0 Å². The van der Waals surface area contributed by atoms with E-state index in [2.05, 4.69) is 62.5 Å². The van der Waals surface area contributed by atoms with Gasteiger partial charge in [0.2, 0.25) is 5.95 Å². The van der Waals surface area contributed by atoms with Crippen molar-refractivity contribution in [2.45, 2.75) is 18.8 Å². The summed E-state index contributed by atoms with van der Waals surface area (Å²) in [6.45, 7) is 2.35. The number of nitrogens with zero attached hydrogens (tertiary/aromatic N) is 4. The summed E-state index contributed by atoms with van der Waals surface area (Å²) in [6, 6.07) is 14.9. The molecular weight excluding hydrogens is 360 g/mol. The van der Waals surface area contributed by atoms with Crippen LogP contribution in [-0.4, -0.2) is 45.0 Å². The largest absolute Gasteiger partial charge is 0.345 e. The Kier molecular flexibility index (Phi) is 4.69. The summed E-state index contributed by atoms with van der Waals surface area (Å²) in [7, 11) is 2.20. The Morgan fingerprint density at radius 2 is 1.86 bits per heavy atom. The number of likely N-dealkylation sites (tertiary alicyclic amines) is 1. The molecule has 5 rings (SSSR count). The third-order valence-electron chi connectivity index (χ3n) is 5.75. The molecule has 0 aliphatic carbocycles. The highest BCUT2D eigenvalue weighted by Gasteiger charge is 2.18. The zero-order chi connectivity index (χ0) is 19.6. The molecule has 0 bridgehead atoms. The highest BCUT2D eigenvalue weighted by Crippen LogP contribution is 2.29. The van der Waals surface area contributed by atoms with Crippen molar-refractivity contribution in [1.82, 2.24) is 24.8 Å². The number of rotatable bonds is 4. The second kappa shape index (κ2) is 7.64. The summed E-state index contributed by atoms with van der Waals surface area (Å²) in [5.41, 5.74) is 5.36. The lowest BCUT2D eigenvalue weighted by atomic mass is 9.89. The van der Waals surface area contributed by atoms with Gasteiger partial charge < -0.3 is 15.2 Å². The molecule has 1 aliphatic rings. The third kappa shape index (κ3) is 3.84. The van der Waals surface area contributed by atoms with Crippen LogP contribution in [0.15, 0.2) is 61.2 Å². The van der Waals surface area contributed by atoms with Gasteiger partial charge in [-0.2, -0.15) is 0 Å². The van der Waals surface area contributed by atoms with Crippen molar-refractivity contribution < 1.29 is 0 Å². The molecule has 0 atom stereocenters. The van der Waals surface area contributed by atoms with E-state index in [0.29, 0.717) is 11.9 Å². The van der Waals surface area contributed by atoms with Gasteiger partial charge in [0, 0.05) is 22.8 Å². The molecule has 1 aliphatic heterocycles. The zero-order valence-electron chi connectivity index (χ0n) is 16.5. The predicted molar refractivity (Wildman–Crippen MR) is 116 cm³/mol. The maximum atomic E-state index is 4.70. The summed E-state index contributed by atoms with van der Waals surface area (Å²) < 4.78 is 0. The molecule has 0 unspecified atom stereocenters. The molecule has 0 spiro atoms. The van der Waals surface area contributed by atoms with Crippen molar-refractivity contribution in [2.75, 3.05) is 25.5 Å². The fourth-order valence-electron chi connectivity index (χ4n) is 3.97. The lowest BCUT2D eigenvalue weighted by molar-refractivity contribution is 0.255. The highest BCUT2D eigenvalue weighted by atomic mass is 15.1. The van der Waals surface area contributed by atoms with Crippen molar-refractivity contribution in [3.8, 4) is 11.3 Å². The molecule has 1 fully saturated rings. The molecule has 2 N–H and O–H groups in total. The summed E-state index contributed by atoms with van der Waals surface area (Å²) in [5, 5.41) is 4.35. The Hall–Kier alpha value is -3.25. The van der Waals surface area contributed by atoms with Crippen LogP contribution in [-0.2, 0) is 0 Å².